The van der Waals surface area contributed by atoms with Gasteiger partial charge in [0.25, 0.3) is 0 Å². The molecule has 0 bridgehead atoms. The van der Waals surface area contributed by atoms with Gasteiger partial charge in [-0.15, -0.1) is 0 Å². The van der Waals surface area contributed by atoms with Crippen LogP contribution in [0.2, 0.25) is 0 Å². The van der Waals surface area contributed by atoms with Crippen LogP contribution in [0.25, 0.3) is 0 Å². The van der Waals surface area contributed by atoms with E-state index < -0.39 is 0 Å². The molecule has 1 rings (SSSR count). The first-order valence-electron chi connectivity index (χ1n) is 9.43. The predicted molar refractivity (Wildman–Crippen MR) is 109 cm³/mol. The van der Waals surface area contributed by atoms with E-state index in [4.69, 9.17) is 9.47 Å². The minimum atomic E-state index is 0.775. The highest BCUT2D eigenvalue weighted by molar-refractivity contribution is 5.79. The van der Waals surface area contributed by atoms with Crippen molar-refractivity contribution in [2.24, 2.45) is 4.99 Å². The Bertz CT molecular complexity index is 535. The molecule has 0 aliphatic heterocycles. The van der Waals surface area contributed by atoms with Gasteiger partial charge in [0.05, 0.1) is 13.7 Å². The maximum atomic E-state index is 5.39. The summed E-state index contributed by atoms with van der Waals surface area (Å²) in [6.07, 6.45) is 1.98. The Balaban J connectivity index is 2.39. The summed E-state index contributed by atoms with van der Waals surface area (Å²) in [5, 5.41) is 6.71. The summed E-state index contributed by atoms with van der Waals surface area (Å²) in [5.41, 5.74) is 2.42. The van der Waals surface area contributed by atoms with Crippen molar-refractivity contribution < 1.29 is 9.47 Å². The molecule has 148 valence electrons. The van der Waals surface area contributed by atoms with Crippen molar-refractivity contribution in [3.8, 4) is 5.75 Å². The van der Waals surface area contributed by atoms with Gasteiger partial charge in [-0.25, -0.2) is 0 Å². The molecule has 0 atom stereocenters. The van der Waals surface area contributed by atoms with E-state index in [0.717, 1.165) is 69.4 Å². The molecule has 0 unspecified atom stereocenters. The molecule has 0 aromatic heterocycles. The Labute approximate surface area is 159 Å². The number of nitrogens with one attached hydrogen (secondary N) is 2. The van der Waals surface area contributed by atoms with Crippen molar-refractivity contribution in [2.45, 2.75) is 26.7 Å². The van der Waals surface area contributed by atoms with Crippen LogP contribution in [0.3, 0.4) is 0 Å². The first-order valence-corrected chi connectivity index (χ1v) is 9.43. The maximum Gasteiger partial charge on any atom is 0.191 e. The van der Waals surface area contributed by atoms with Crippen molar-refractivity contribution in [1.29, 1.82) is 0 Å². The first kappa shape index (κ1) is 22.3. The highest BCUT2D eigenvalue weighted by Crippen LogP contribution is 2.18. The number of aliphatic imine (C=N–C) groups is 1. The van der Waals surface area contributed by atoms with Gasteiger partial charge in [0.1, 0.15) is 5.75 Å². The number of nitrogens with zero attached hydrogens (tertiary/aromatic N) is 2. The van der Waals surface area contributed by atoms with Gasteiger partial charge in [-0.2, -0.15) is 0 Å². The summed E-state index contributed by atoms with van der Waals surface area (Å²) >= 11 is 0. The number of hydrogen-bond donors (Lipinski definition) is 2. The standard InChI is InChI=1S/C20H36N4O2/c1-6-21-20(23-12-14-24(3)13-7-15-25-4)22-11-10-18-9-8-17(2)19(16-18)26-5/h8-9,16H,6-7,10-15H2,1-5H3,(H2,21,22,23). The molecular weight excluding hydrogens is 328 g/mol. The van der Waals surface area contributed by atoms with E-state index in [-0.39, 0.29) is 0 Å². The maximum absolute atomic E-state index is 5.39. The van der Waals surface area contributed by atoms with Crippen LogP contribution in [0.5, 0.6) is 5.75 Å². The fourth-order valence-corrected chi connectivity index (χ4v) is 2.61. The molecule has 0 amide bonds. The average Bonchev–Trinajstić information content (AvgIpc) is 2.63. The smallest absolute Gasteiger partial charge is 0.191 e. The highest BCUT2D eigenvalue weighted by Gasteiger charge is 2.02. The lowest BCUT2D eigenvalue weighted by Gasteiger charge is -2.16. The fraction of sp³-hybridized carbons (Fsp3) is 0.650. The lowest BCUT2D eigenvalue weighted by atomic mass is 10.1. The van der Waals surface area contributed by atoms with E-state index in [1.54, 1.807) is 14.2 Å². The van der Waals surface area contributed by atoms with Crippen LogP contribution in [-0.4, -0.2) is 71.5 Å². The van der Waals surface area contributed by atoms with E-state index in [2.05, 4.69) is 59.6 Å². The molecule has 1 aromatic rings. The van der Waals surface area contributed by atoms with Gasteiger partial charge in [0.2, 0.25) is 0 Å². The number of hydrogen-bond acceptors (Lipinski definition) is 4. The van der Waals surface area contributed by atoms with Crippen LogP contribution < -0.4 is 15.4 Å². The minimum absolute atomic E-state index is 0.775. The molecule has 0 spiro atoms. The molecule has 0 radical (unpaired) electrons. The molecule has 2 N–H and O–H groups in total. The van der Waals surface area contributed by atoms with Crippen LogP contribution in [0.1, 0.15) is 24.5 Å². The van der Waals surface area contributed by atoms with Gasteiger partial charge in [-0.3, -0.25) is 4.99 Å². The highest BCUT2D eigenvalue weighted by atomic mass is 16.5. The zero-order valence-corrected chi connectivity index (χ0v) is 17.1. The first-order chi connectivity index (χ1) is 12.6. The summed E-state index contributed by atoms with van der Waals surface area (Å²) < 4.78 is 10.5. The van der Waals surface area contributed by atoms with E-state index in [1.165, 1.54) is 5.56 Å². The monoisotopic (exact) mass is 364 g/mol. The van der Waals surface area contributed by atoms with Gasteiger partial charge in [0, 0.05) is 39.9 Å². The third-order valence-corrected chi connectivity index (χ3v) is 4.16. The lowest BCUT2D eigenvalue weighted by molar-refractivity contribution is 0.180. The summed E-state index contributed by atoms with van der Waals surface area (Å²) in [5.74, 6) is 1.82. The normalized spacial score (nSPS) is 11.7. The number of benzene rings is 1. The zero-order valence-electron chi connectivity index (χ0n) is 17.1. The Morgan fingerprint density at radius 2 is 2.00 bits per heavy atom. The predicted octanol–water partition coefficient (Wildman–Crippen LogP) is 2.07. The molecule has 1 aromatic carbocycles. The fourth-order valence-electron chi connectivity index (χ4n) is 2.61. The average molecular weight is 365 g/mol. The molecule has 6 heteroatoms. The molecular formula is C20H36N4O2. The van der Waals surface area contributed by atoms with Gasteiger partial charge >= 0.3 is 0 Å². The third kappa shape index (κ3) is 9.06. The van der Waals surface area contributed by atoms with Crippen LogP contribution >= 0.6 is 0 Å². The number of methoxy groups -OCH3 is 2. The summed E-state index contributed by atoms with van der Waals surface area (Å²) in [7, 11) is 5.58. The quantitative estimate of drug-likeness (QED) is 0.338. The van der Waals surface area contributed by atoms with Crippen LogP contribution in [0.4, 0.5) is 0 Å². The Morgan fingerprint density at radius 3 is 2.69 bits per heavy atom. The van der Waals surface area contributed by atoms with Crippen molar-refractivity contribution in [2.75, 3.05) is 60.6 Å². The van der Waals surface area contributed by atoms with Crippen molar-refractivity contribution in [3.63, 3.8) is 0 Å². The molecule has 0 heterocycles. The SMILES string of the molecule is CCNC(=NCCN(C)CCCOC)NCCc1ccc(C)c(OC)c1. The number of aryl methyl sites for hydroxylation is 1. The van der Waals surface area contributed by atoms with Crippen LogP contribution in [-0.2, 0) is 11.2 Å². The molecule has 26 heavy (non-hydrogen) atoms. The second-order valence-corrected chi connectivity index (χ2v) is 6.39. The number of rotatable bonds is 12. The van der Waals surface area contributed by atoms with Crippen LogP contribution in [0.15, 0.2) is 23.2 Å². The second-order valence-electron chi connectivity index (χ2n) is 6.39. The van der Waals surface area contributed by atoms with Gasteiger partial charge < -0.3 is 25.0 Å². The van der Waals surface area contributed by atoms with Crippen LogP contribution in [0, 0.1) is 6.92 Å². The molecule has 6 nitrogen and oxygen atoms in total. The molecule has 0 saturated carbocycles. The van der Waals surface area contributed by atoms with Crippen molar-refractivity contribution in [3.05, 3.63) is 29.3 Å². The van der Waals surface area contributed by atoms with E-state index in [0.29, 0.717) is 0 Å². The largest absolute Gasteiger partial charge is 0.496 e. The molecule has 0 aliphatic rings. The Hall–Kier alpha value is -1.79. The van der Waals surface area contributed by atoms with Gasteiger partial charge in [0.15, 0.2) is 5.96 Å². The van der Waals surface area contributed by atoms with Gasteiger partial charge in [-0.05, 0) is 50.9 Å². The number of likely N-dealkylation sites (N-methyl/N-ethyl adjacent to an activating group) is 1. The summed E-state index contributed by atoms with van der Waals surface area (Å²) in [6, 6.07) is 6.36. The Morgan fingerprint density at radius 1 is 1.19 bits per heavy atom. The minimum Gasteiger partial charge on any atom is -0.496 e. The lowest BCUT2D eigenvalue weighted by Crippen LogP contribution is -2.39. The molecule has 0 saturated heterocycles. The molecule has 0 aliphatic carbocycles. The zero-order chi connectivity index (χ0) is 19.2. The summed E-state index contributed by atoms with van der Waals surface area (Å²) in [4.78, 5) is 6.94. The van der Waals surface area contributed by atoms with E-state index >= 15 is 0 Å². The van der Waals surface area contributed by atoms with E-state index in [1.807, 2.05) is 0 Å². The van der Waals surface area contributed by atoms with Crippen molar-refractivity contribution >= 4 is 5.96 Å². The number of ether oxygens (including phenoxy) is 2. The number of guanidine groups is 1. The summed E-state index contributed by atoms with van der Waals surface area (Å²) in [6.45, 7) is 9.38. The third-order valence-electron chi connectivity index (χ3n) is 4.16. The second kappa shape index (κ2) is 13.4. The molecule has 0 fully saturated rings. The van der Waals surface area contributed by atoms with E-state index in [9.17, 15) is 0 Å². The van der Waals surface area contributed by atoms with Crippen molar-refractivity contribution in [1.82, 2.24) is 15.5 Å². The Kier molecular flexibility index (Phi) is 11.5. The topological polar surface area (TPSA) is 58.1 Å². The van der Waals surface area contributed by atoms with Gasteiger partial charge in [-0.1, -0.05) is 12.1 Å².